The van der Waals surface area contributed by atoms with Crippen molar-refractivity contribution in [3.63, 3.8) is 0 Å². The molecule has 0 saturated carbocycles. The van der Waals surface area contributed by atoms with Crippen molar-refractivity contribution in [3.05, 3.63) is 35.9 Å². The number of benzene rings is 1. The molecule has 0 unspecified atom stereocenters. The lowest BCUT2D eigenvalue weighted by molar-refractivity contribution is -0.265. The van der Waals surface area contributed by atoms with Crippen LogP contribution in [0.1, 0.15) is 5.56 Å². The third-order valence-corrected chi connectivity index (χ3v) is 1.84. The first-order valence-electron chi connectivity index (χ1n) is 4.42. The Balaban J connectivity index is 2.67. The maximum atomic E-state index is 10.7. The highest BCUT2D eigenvalue weighted by atomic mass is 16.4. The number of nitrogens with one attached hydrogen (secondary N) is 1. The number of hydrogen-bond donors (Lipinski definition) is 2. The van der Waals surface area contributed by atoms with Gasteiger partial charge in [-0.2, -0.15) is 0 Å². The van der Waals surface area contributed by atoms with E-state index in [1.54, 1.807) is 12.1 Å². The molecule has 5 heteroatoms. The quantitative estimate of drug-likeness (QED) is 0.526. The van der Waals surface area contributed by atoms with Crippen LogP contribution in [0.3, 0.4) is 0 Å². The van der Waals surface area contributed by atoms with Gasteiger partial charge in [-0.3, -0.25) is 5.41 Å². The van der Waals surface area contributed by atoms with Gasteiger partial charge in [0.1, 0.15) is 11.9 Å². The number of amidine groups is 1. The number of rotatable bonds is 4. The van der Waals surface area contributed by atoms with Crippen LogP contribution in [0.4, 0.5) is 4.79 Å². The van der Waals surface area contributed by atoms with Gasteiger partial charge in [0.25, 0.3) is 0 Å². The minimum atomic E-state index is -1.32. The van der Waals surface area contributed by atoms with Gasteiger partial charge in [0.15, 0.2) is 0 Å². The largest absolute Gasteiger partial charge is 0.530 e. The van der Waals surface area contributed by atoms with Crippen LogP contribution in [0.5, 0.6) is 0 Å². The molecule has 0 heterocycles. The highest BCUT2D eigenvalue weighted by molar-refractivity contribution is 5.82. The molecule has 0 aromatic heterocycles. The summed E-state index contributed by atoms with van der Waals surface area (Å²) in [6.45, 7) is 0.0555. The molecule has 0 radical (unpaired) electrons. The van der Waals surface area contributed by atoms with Gasteiger partial charge in [-0.1, -0.05) is 30.3 Å². The maximum absolute atomic E-state index is 10.7. The number of carboxylic acid groups (broad SMARTS) is 1. The number of nitrogens with zero attached hydrogens (tertiary/aromatic N) is 1. The second-order valence-electron chi connectivity index (χ2n) is 3.13. The second kappa shape index (κ2) is 4.99. The van der Waals surface area contributed by atoms with Crippen LogP contribution in [-0.2, 0) is 6.54 Å². The fourth-order valence-electron chi connectivity index (χ4n) is 1.19. The number of hydrogen-bond acceptors (Lipinski definition) is 3. The highest BCUT2D eigenvalue weighted by Gasteiger charge is 2.06. The average molecular weight is 206 g/mol. The van der Waals surface area contributed by atoms with Gasteiger partial charge in [0.2, 0.25) is 0 Å². The van der Waals surface area contributed by atoms with Crippen molar-refractivity contribution in [2.45, 2.75) is 6.54 Å². The van der Waals surface area contributed by atoms with Crippen molar-refractivity contribution in [3.8, 4) is 0 Å². The van der Waals surface area contributed by atoms with Gasteiger partial charge >= 0.3 is 0 Å². The Kier molecular flexibility index (Phi) is 3.68. The minimum absolute atomic E-state index is 0.128. The molecule has 0 aliphatic heterocycles. The molecule has 1 rings (SSSR count). The second-order valence-corrected chi connectivity index (χ2v) is 3.13. The van der Waals surface area contributed by atoms with Crippen molar-refractivity contribution >= 4 is 11.9 Å². The summed E-state index contributed by atoms with van der Waals surface area (Å²) in [7, 11) is 0. The standard InChI is InChI=1S/C10H13N3O2/c11-9(12)7-13(10(14)15)6-8-4-2-1-3-5-8/h1-5H,6-7H2,(H3,11,12)(H,14,15)/p-1. The van der Waals surface area contributed by atoms with E-state index in [0.29, 0.717) is 0 Å². The predicted molar refractivity (Wildman–Crippen MR) is 54.2 cm³/mol. The Hall–Kier alpha value is -2.04. The fraction of sp³-hybridized carbons (Fsp3) is 0.200. The number of carbonyl (C=O) groups is 1. The Morgan fingerprint density at radius 3 is 2.47 bits per heavy atom. The maximum Gasteiger partial charge on any atom is 0.137 e. The summed E-state index contributed by atoms with van der Waals surface area (Å²) in [5.74, 6) is -0.199. The Labute approximate surface area is 87.6 Å². The Morgan fingerprint density at radius 2 is 2.00 bits per heavy atom. The van der Waals surface area contributed by atoms with E-state index < -0.39 is 6.09 Å². The molecule has 0 spiro atoms. The van der Waals surface area contributed by atoms with E-state index in [2.05, 4.69) is 0 Å². The lowest BCUT2D eigenvalue weighted by Gasteiger charge is -2.24. The van der Waals surface area contributed by atoms with E-state index in [-0.39, 0.29) is 18.9 Å². The monoisotopic (exact) mass is 206 g/mol. The first kappa shape index (κ1) is 11.0. The van der Waals surface area contributed by atoms with Crippen LogP contribution < -0.4 is 10.8 Å². The molecule has 0 aliphatic carbocycles. The zero-order chi connectivity index (χ0) is 11.3. The molecule has 15 heavy (non-hydrogen) atoms. The van der Waals surface area contributed by atoms with Crippen LogP contribution in [0, 0.1) is 5.41 Å². The van der Waals surface area contributed by atoms with E-state index in [4.69, 9.17) is 11.1 Å². The topological polar surface area (TPSA) is 93.2 Å². The van der Waals surface area contributed by atoms with Gasteiger partial charge in [-0.25, -0.2) is 0 Å². The minimum Gasteiger partial charge on any atom is -0.530 e. The van der Waals surface area contributed by atoms with Gasteiger partial charge < -0.3 is 20.5 Å². The van der Waals surface area contributed by atoms with Gasteiger partial charge in [0.05, 0.1) is 6.54 Å². The third-order valence-electron chi connectivity index (χ3n) is 1.84. The van der Waals surface area contributed by atoms with E-state index in [1.807, 2.05) is 18.2 Å². The number of amides is 1. The van der Waals surface area contributed by atoms with Crippen LogP contribution in [-0.4, -0.2) is 23.4 Å². The molecule has 0 fully saturated rings. The zero-order valence-corrected chi connectivity index (χ0v) is 8.14. The summed E-state index contributed by atoms with van der Waals surface area (Å²) in [6.07, 6.45) is -1.32. The molecule has 1 amide bonds. The van der Waals surface area contributed by atoms with Crippen LogP contribution in [0.15, 0.2) is 30.3 Å². The molecular formula is C10H12N3O2-. The molecule has 1 aromatic rings. The number of carbonyl (C=O) groups excluding carboxylic acids is 1. The first-order valence-corrected chi connectivity index (χ1v) is 4.42. The molecule has 0 saturated heterocycles. The van der Waals surface area contributed by atoms with Crippen molar-refractivity contribution < 1.29 is 9.90 Å². The highest BCUT2D eigenvalue weighted by Crippen LogP contribution is 2.03. The van der Waals surface area contributed by atoms with E-state index in [0.717, 1.165) is 10.5 Å². The van der Waals surface area contributed by atoms with E-state index in [9.17, 15) is 9.90 Å². The van der Waals surface area contributed by atoms with Gasteiger partial charge in [-0.15, -0.1) is 0 Å². The zero-order valence-electron chi connectivity index (χ0n) is 8.14. The Morgan fingerprint density at radius 1 is 1.40 bits per heavy atom. The molecule has 0 aliphatic rings. The molecule has 80 valence electrons. The molecular weight excluding hydrogens is 194 g/mol. The van der Waals surface area contributed by atoms with Crippen LogP contribution in [0.2, 0.25) is 0 Å². The van der Waals surface area contributed by atoms with Crippen molar-refractivity contribution in [1.29, 1.82) is 5.41 Å². The van der Waals surface area contributed by atoms with Crippen molar-refractivity contribution in [1.82, 2.24) is 4.90 Å². The summed E-state index contributed by atoms with van der Waals surface area (Å²) in [4.78, 5) is 11.7. The Bertz CT molecular complexity index is 351. The number of nitrogens with two attached hydrogens (primary N) is 1. The summed E-state index contributed by atoms with van der Waals surface area (Å²) < 4.78 is 0. The SMILES string of the molecule is N=C(N)CN(Cc1ccccc1)C(=O)[O-]. The van der Waals surface area contributed by atoms with Gasteiger partial charge in [-0.05, 0) is 5.56 Å². The summed E-state index contributed by atoms with van der Waals surface area (Å²) in [6, 6.07) is 9.08. The smallest absolute Gasteiger partial charge is 0.137 e. The fourth-order valence-corrected chi connectivity index (χ4v) is 1.19. The van der Waals surface area contributed by atoms with Crippen LogP contribution in [0.25, 0.3) is 0 Å². The normalized spacial score (nSPS) is 9.60. The molecule has 3 N–H and O–H groups in total. The lowest BCUT2D eigenvalue weighted by Crippen LogP contribution is -2.44. The third kappa shape index (κ3) is 3.68. The lowest BCUT2D eigenvalue weighted by atomic mass is 10.2. The van der Waals surface area contributed by atoms with E-state index >= 15 is 0 Å². The molecule has 1 aromatic carbocycles. The van der Waals surface area contributed by atoms with Crippen LogP contribution >= 0.6 is 0 Å². The average Bonchev–Trinajstić information content (AvgIpc) is 2.17. The molecule has 0 atom stereocenters. The first-order chi connectivity index (χ1) is 7.09. The van der Waals surface area contributed by atoms with Gasteiger partial charge in [0, 0.05) is 6.54 Å². The summed E-state index contributed by atoms with van der Waals surface area (Å²) in [5.41, 5.74) is 5.97. The molecule has 5 nitrogen and oxygen atoms in total. The van der Waals surface area contributed by atoms with Crippen molar-refractivity contribution in [2.24, 2.45) is 5.73 Å². The van der Waals surface area contributed by atoms with Crippen molar-refractivity contribution in [2.75, 3.05) is 6.54 Å². The summed E-state index contributed by atoms with van der Waals surface area (Å²) in [5, 5.41) is 17.7. The summed E-state index contributed by atoms with van der Waals surface area (Å²) >= 11 is 0. The predicted octanol–water partition coefficient (Wildman–Crippen LogP) is -0.232. The molecule has 0 bridgehead atoms. The van der Waals surface area contributed by atoms with E-state index in [1.165, 1.54) is 0 Å².